The first-order chi connectivity index (χ1) is 11.2. The molecule has 2 bridgehead atoms. The van der Waals surface area contributed by atoms with Crippen LogP contribution in [0.3, 0.4) is 0 Å². The Balaban J connectivity index is 0.00000225. The summed E-state index contributed by atoms with van der Waals surface area (Å²) in [6.45, 7) is 0. The number of hydrogen-bond acceptors (Lipinski definition) is 5. The molecule has 0 aliphatic carbocycles. The number of sulfonamides is 2. The smallest absolute Gasteiger partial charge is 0.243 e. The fourth-order valence-electron chi connectivity index (χ4n) is 3.52. The van der Waals surface area contributed by atoms with E-state index in [2.05, 4.69) is 10.0 Å². The highest BCUT2D eigenvalue weighted by Crippen LogP contribution is 2.29. The van der Waals surface area contributed by atoms with Crippen LogP contribution in [0.15, 0.2) is 34.1 Å². The van der Waals surface area contributed by atoms with Gasteiger partial charge in [-0.05, 0) is 37.8 Å². The van der Waals surface area contributed by atoms with E-state index >= 15 is 0 Å². The van der Waals surface area contributed by atoms with Crippen molar-refractivity contribution in [3.05, 3.63) is 24.3 Å². The van der Waals surface area contributed by atoms with E-state index in [-0.39, 0.29) is 28.2 Å². The molecule has 2 N–H and O–H groups in total. The molecule has 0 aromatic heterocycles. The summed E-state index contributed by atoms with van der Waals surface area (Å²) in [7, 11) is -4.98. The first-order valence-electron chi connectivity index (χ1n) is 8.00. The average Bonchev–Trinajstić information content (AvgIpc) is 2.85. The fourth-order valence-corrected chi connectivity index (χ4v) is 6.48. The van der Waals surface area contributed by atoms with Gasteiger partial charge in [-0.15, -0.1) is 12.4 Å². The first kappa shape index (κ1) is 20.6. The average molecular weight is 410 g/mol. The summed E-state index contributed by atoms with van der Waals surface area (Å²) in [5.41, 5.74) is 0. The zero-order chi connectivity index (χ0) is 17.5. The molecular formula is C15H24ClN3O4S2. The third-order valence-corrected chi connectivity index (χ3v) is 8.27. The van der Waals surface area contributed by atoms with Crippen molar-refractivity contribution in [1.29, 1.82) is 0 Å². The maximum Gasteiger partial charge on any atom is 0.243 e. The van der Waals surface area contributed by atoms with E-state index in [1.165, 1.54) is 38.4 Å². The Hall–Kier alpha value is -0.710. The van der Waals surface area contributed by atoms with Gasteiger partial charge in [-0.3, -0.25) is 0 Å². The summed E-state index contributed by atoms with van der Waals surface area (Å²) < 4.78 is 54.2. The van der Waals surface area contributed by atoms with Gasteiger partial charge in [0, 0.05) is 32.2 Å². The zero-order valence-corrected chi connectivity index (χ0v) is 16.6. The van der Waals surface area contributed by atoms with Crippen molar-refractivity contribution in [3.8, 4) is 0 Å². The van der Waals surface area contributed by atoms with Crippen LogP contribution < -0.4 is 10.0 Å². The highest BCUT2D eigenvalue weighted by molar-refractivity contribution is 7.92. The molecule has 2 saturated heterocycles. The van der Waals surface area contributed by atoms with Gasteiger partial charge in [-0.1, -0.05) is 12.1 Å². The van der Waals surface area contributed by atoms with E-state index in [0.29, 0.717) is 12.1 Å². The van der Waals surface area contributed by atoms with Crippen molar-refractivity contribution in [2.24, 2.45) is 0 Å². The second-order valence-electron chi connectivity index (χ2n) is 6.66. The minimum absolute atomic E-state index is 0. The van der Waals surface area contributed by atoms with Gasteiger partial charge in [0.2, 0.25) is 20.0 Å². The molecule has 0 spiro atoms. The third-order valence-electron chi connectivity index (χ3n) is 4.69. The number of rotatable bonds is 5. The largest absolute Gasteiger partial charge is 0.311 e. The van der Waals surface area contributed by atoms with Gasteiger partial charge in [0.25, 0.3) is 0 Å². The molecule has 2 atom stereocenters. The third kappa shape index (κ3) is 4.17. The van der Waals surface area contributed by atoms with Crippen LogP contribution in [0.25, 0.3) is 0 Å². The van der Waals surface area contributed by atoms with Crippen LogP contribution in [0.5, 0.6) is 0 Å². The predicted octanol–water partition coefficient (Wildman–Crippen LogP) is 0.920. The van der Waals surface area contributed by atoms with Crippen molar-refractivity contribution >= 4 is 32.5 Å². The van der Waals surface area contributed by atoms with Gasteiger partial charge >= 0.3 is 0 Å². The van der Waals surface area contributed by atoms with E-state index in [1.54, 1.807) is 0 Å². The molecule has 0 saturated carbocycles. The van der Waals surface area contributed by atoms with Crippen LogP contribution in [-0.2, 0) is 20.0 Å². The SMILES string of the molecule is CN(C)S(=O)(=O)c1ccccc1S(=O)(=O)NC1CC2CCC(C1)N2.Cl. The van der Waals surface area contributed by atoms with Crippen LogP contribution >= 0.6 is 12.4 Å². The normalized spacial score (nSPS) is 26.4. The van der Waals surface area contributed by atoms with Gasteiger partial charge in [0.05, 0.1) is 0 Å². The van der Waals surface area contributed by atoms with Crippen molar-refractivity contribution < 1.29 is 16.8 Å². The first-order valence-corrected chi connectivity index (χ1v) is 10.9. The van der Waals surface area contributed by atoms with Crippen molar-refractivity contribution in [2.75, 3.05) is 14.1 Å². The molecule has 2 aliphatic rings. The predicted molar refractivity (Wildman–Crippen MR) is 97.9 cm³/mol. The lowest BCUT2D eigenvalue weighted by Gasteiger charge is -2.29. The lowest BCUT2D eigenvalue weighted by atomic mass is 10.0. The molecule has 2 fully saturated rings. The van der Waals surface area contributed by atoms with Crippen LogP contribution in [0.1, 0.15) is 25.7 Å². The van der Waals surface area contributed by atoms with Crippen molar-refractivity contribution in [1.82, 2.24) is 14.3 Å². The number of fused-ring (bicyclic) bond motifs is 2. The lowest BCUT2D eigenvalue weighted by Crippen LogP contribution is -2.48. The van der Waals surface area contributed by atoms with Gasteiger partial charge in [0.15, 0.2) is 0 Å². The fraction of sp³-hybridized carbons (Fsp3) is 0.600. The van der Waals surface area contributed by atoms with Crippen molar-refractivity contribution in [3.63, 3.8) is 0 Å². The van der Waals surface area contributed by atoms with E-state index in [4.69, 9.17) is 0 Å². The molecule has 10 heteroatoms. The summed E-state index contributed by atoms with van der Waals surface area (Å²) in [6, 6.07) is 6.26. The summed E-state index contributed by atoms with van der Waals surface area (Å²) >= 11 is 0. The topological polar surface area (TPSA) is 95.6 Å². The Kier molecular flexibility index (Phi) is 6.18. The molecule has 2 aliphatic heterocycles. The van der Waals surface area contributed by atoms with Crippen LogP contribution in [0, 0.1) is 0 Å². The molecule has 25 heavy (non-hydrogen) atoms. The minimum atomic E-state index is -3.91. The van der Waals surface area contributed by atoms with E-state index in [0.717, 1.165) is 30.0 Å². The molecule has 2 heterocycles. The molecule has 2 unspecified atom stereocenters. The summed E-state index contributed by atoms with van der Waals surface area (Å²) in [5, 5.41) is 3.46. The maximum atomic E-state index is 12.8. The Labute approximate surface area is 155 Å². The number of piperidine rings is 1. The van der Waals surface area contributed by atoms with E-state index in [1.807, 2.05) is 0 Å². The quantitative estimate of drug-likeness (QED) is 0.753. The van der Waals surface area contributed by atoms with E-state index in [9.17, 15) is 16.8 Å². The molecule has 0 radical (unpaired) electrons. The summed E-state index contributed by atoms with van der Waals surface area (Å²) in [5.74, 6) is 0. The standard InChI is InChI=1S/C15H23N3O4S2.ClH/c1-18(2)24(21,22)15-6-4-3-5-14(15)23(19,20)17-13-9-11-7-8-12(10-13)16-11;/h3-6,11-13,16-17H,7-10H2,1-2H3;1H. The monoisotopic (exact) mass is 409 g/mol. The Morgan fingerprint density at radius 3 is 2.04 bits per heavy atom. The molecule has 0 amide bonds. The van der Waals surface area contributed by atoms with Crippen molar-refractivity contribution in [2.45, 2.75) is 53.6 Å². The highest BCUT2D eigenvalue weighted by atomic mass is 35.5. The van der Waals surface area contributed by atoms with E-state index < -0.39 is 20.0 Å². The highest BCUT2D eigenvalue weighted by Gasteiger charge is 2.36. The molecule has 142 valence electrons. The Bertz CT molecular complexity index is 815. The van der Waals surface area contributed by atoms with Gasteiger partial charge in [-0.25, -0.2) is 25.9 Å². The second kappa shape index (κ2) is 7.50. The minimum Gasteiger partial charge on any atom is -0.311 e. The molecular weight excluding hydrogens is 386 g/mol. The van der Waals surface area contributed by atoms with Gasteiger partial charge < -0.3 is 5.32 Å². The molecule has 7 nitrogen and oxygen atoms in total. The van der Waals surface area contributed by atoms with Crippen LogP contribution in [0.4, 0.5) is 0 Å². The Morgan fingerprint density at radius 1 is 1.00 bits per heavy atom. The Morgan fingerprint density at radius 2 is 1.52 bits per heavy atom. The number of halogens is 1. The number of nitrogens with one attached hydrogen (secondary N) is 2. The number of benzene rings is 1. The van der Waals surface area contributed by atoms with Crippen LogP contribution in [-0.4, -0.2) is 53.4 Å². The van der Waals surface area contributed by atoms with Gasteiger partial charge in [-0.2, -0.15) is 0 Å². The number of nitrogens with zero attached hydrogens (tertiary/aromatic N) is 1. The molecule has 1 aromatic carbocycles. The lowest BCUT2D eigenvalue weighted by molar-refractivity contribution is 0.345. The van der Waals surface area contributed by atoms with Crippen LogP contribution in [0.2, 0.25) is 0 Å². The summed E-state index contributed by atoms with van der Waals surface area (Å²) in [4.78, 5) is -0.385. The second-order valence-corrected chi connectivity index (χ2v) is 10.5. The number of hydrogen-bond donors (Lipinski definition) is 2. The molecule has 1 aromatic rings. The zero-order valence-electron chi connectivity index (χ0n) is 14.2. The van der Waals surface area contributed by atoms with Gasteiger partial charge in [0.1, 0.15) is 9.79 Å². The molecule has 3 rings (SSSR count). The summed E-state index contributed by atoms with van der Waals surface area (Å²) in [6.07, 6.45) is 3.60. The maximum absolute atomic E-state index is 12.8.